The Labute approximate surface area is 137 Å². The molecule has 3 atom stereocenters. The molecule has 1 aromatic rings. The minimum Gasteiger partial charge on any atom is -0.493 e. The summed E-state index contributed by atoms with van der Waals surface area (Å²) < 4.78 is 22.0. The third kappa shape index (κ3) is 4.99. The molecule has 0 amide bonds. The molecule has 1 aliphatic rings. The van der Waals surface area contributed by atoms with Crippen molar-refractivity contribution >= 4 is 0 Å². The average molecular weight is 325 g/mol. The van der Waals surface area contributed by atoms with Crippen LogP contribution in [0.15, 0.2) is 18.2 Å². The topological polar surface area (TPSA) is 60.4 Å². The fourth-order valence-electron chi connectivity index (χ4n) is 2.92. The number of hydrogen-bond acceptors (Lipinski definition) is 6. The zero-order chi connectivity index (χ0) is 16.8. The molecule has 0 aromatic heterocycles. The number of hydrogen-bond donors (Lipinski definition) is 1. The molecule has 1 N–H and O–H groups in total. The summed E-state index contributed by atoms with van der Waals surface area (Å²) >= 11 is 0. The van der Waals surface area contributed by atoms with Crippen molar-refractivity contribution in [3.05, 3.63) is 18.2 Å². The maximum atomic E-state index is 10.3. The Morgan fingerprint density at radius 2 is 1.74 bits per heavy atom. The van der Waals surface area contributed by atoms with Gasteiger partial charge in [-0.1, -0.05) is 6.07 Å². The van der Waals surface area contributed by atoms with E-state index in [1.165, 1.54) is 0 Å². The van der Waals surface area contributed by atoms with Crippen molar-refractivity contribution in [3.8, 4) is 17.2 Å². The van der Waals surface area contributed by atoms with Gasteiger partial charge in [0.1, 0.15) is 12.7 Å². The fourth-order valence-corrected chi connectivity index (χ4v) is 2.92. The molecule has 2 rings (SSSR count). The van der Waals surface area contributed by atoms with E-state index in [1.807, 2.05) is 19.9 Å². The van der Waals surface area contributed by atoms with E-state index in [4.69, 9.17) is 18.9 Å². The van der Waals surface area contributed by atoms with Crippen LogP contribution in [0.5, 0.6) is 17.2 Å². The molecule has 23 heavy (non-hydrogen) atoms. The monoisotopic (exact) mass is 325 g/mol. The van der Waals surface area contributed by atoms with E-state index < -0.39 is 6.10 Å². The van der Waals surface area contributed by atoms with Crippen molar-refractivity contribution in [2.45, 2.75) is 32.2 Å². The van der Waals surface area contributed by atoms with Gasteiger partial charge in [0.05, 0.1) is 26.4 Å². The predicted octanol–water partition coefficient (Wildman–Crippen LogP) is 1.55. The van der Waals surface area contributed by atoms with Gasteiger partial charge >= 0.3 is 0 Å². The summed E-state index contributed by atoms with van der Waals surface area (Å²) in [5.74, 6) is 1.69. The van der Waals surface area contributed by atoms with Crippen LogP contribution in [0.25, 0.3) is 0 Å². The van der Waals surface area contributed by atoms with Crippen LogP contribution in [0.1, 0.15) is 13.8 Å². The largest absolute Gasteiger partial charge is 0.493 e. The molecular formula is C17H27NO5. The maximum Gasteiger partial charge on any atom is 0.203 e. The number of rotatable bonds is 7. The van der Waals surface area contributed by atoms with Crippen molar-refractivity contribution in [2.75, 3.05) is 40.5 Å². The van der Waals surface area contributed by atoms with Gasteiger partial charge in [-0.05, 0) is 26.0 Å². The van der Waals surface area contributed by atoms with Gasteiger partial charge in [-0.2, -0.15) is 0 Å². The van der Waals surface area contributed by atoms with Crippen LogP contribution in [0.4, 0.5) is 0 Å². The van der Waals surface area contributed by atoms with Crippen molar-refractivity contribution < 1.29 is 24.1 Å². The Bertz CT molecular complexity index is 464. The standard InChI is InChI=1S/C17H27NO5/c1-12-8-18(9-13(2)23-12)10-14(19)11-22-17-15(20-3)6-5-7-16(17)21-4/h5-7,12-14,19H,8-11H2,1-4H3/t12-,13-,14+/m0/s1. The lowest BCUT2D eigenvalue weighted by atomic mass is 10.2. The van der Waals surface area contributed by atoms with Crippen LogP contribution in [-0.4, -0.2) is 68.8 Å². The molecular weight excluding hydrogens is 298 g/mol. The second-order valence-corrected chi connectivity index (χ2v) is 5.93. The molecule has 0 unspecified atom stereocenters. The third-order valence-electron chi connectivity index (χ3n) is 3.77. The lowest BCUT2D eigenvalue weighted by molar-refractivity contribution is -0.0787. The van der Waals surface area contributed by atoms with Gasteiger partial charge < -0.3 is 24.1 Å². The van der Waals surface area contributed by atoms with Gasteiger partial charge in [0.15, 0.2) is 11.5 Å². The molecule has 0 bridgehead atoms. The summed E-state index contributed by atoms with van der Waals surface area (Å²) in [5, 5.41) is 10.3. The SMILES string of the molecule is COc1cccc(OC)c1OC[C@H](O)CN1C[C@H](C)O[C@@H](C)C1. The third-order valence-corrected chi connectivity index (χ3v) is 3.77. The first-order chi connectivity index (χ1) is 11.0. The van der Waals surface area contributed by atoms with E-state index >= 15 is 0 Å². The first-order valence-electron chi connectivity index (χ1n) is 7.93. The molecule has 1 aliphatic heterocycles. The summed E-state index contributed by atoms with van der Waals surface area (Å²) in [6.07, 6.45) is -0.232. The molecule has 130 valence electrons. The molecule has 1 heterocycles. The summed E-state index contributed by atoms with van der Waals surface area (Å²) in [7, 11) is 3.16. The second kappa shape index (κ2) is 8.38. The fraction of sp³-hybridized carbons (Fsp3) is 0.647. The van der Waals surface area contributed by atoms with Gasteiger partial charge in [0, 0.05) is 19.6 Å². The van der Waals surface area contributed by atoms with Crippen molar-refractivity contribution in [1.29, 1.82) is 0 Å². The molecule has 0 saturated carbocycles. The number of β-amino-alcohol motifs (C(OH)–C–C–N with tert-alkyl or cyclic N) is 1. The first kappa shape index (κ1) is 17.8. The van der Waals surface area contributed by atoms with E-state index in [9.17, 15) is 5.11 Å². The highest BCUT2D eigenvalue weighted by molar-refractivity contribution is 5.51. The molecule has 0 aliphatic carbocycles. The van der Waals surface area contributed by atoms with Crippen molar-refractivity contribution in [2.24, 2.45) is 0 Å². The number of aliphatic hydroxyl groups is 1. The second-order valence-electron chi connectivity index (χ2n) is 5.93. The van der Waals surface area contributed by atoms with Crippen LogP contribution in [0.2, 0.25) is 0 Å². The Kier molecular flexibility index (Phi) is 6.50. The molecule has 0 spiro atoms. The Balaban J connectivity index is 1.90. The van der Waals surface area contributed by atoms with Crippen molar-refractivity contribution in [1.82, 2.24) is 4.90 Å². The van der Waals surface area contributed by atoms with Crippen LogP contribution in [0.3, 0.4) is 0 Å². The Morgan fingerprint density at radius 3 is 2.26 bits per heavy atom. The highest BCUT2D eigenvalue weighted by Crippen LogP contribution is 2.36. The summed E-state index contributed by atoms with van der Waals surface area (Å²) in [5.41, 5.74) is 0. The first-order valence-corrected chi connectivity index (χ1v) is 7.93. The minimum atomic E-state index is -0.595. The number of morpholine rings is 1. The number of para-hydroxylation sites is 1. The predicted molar refractivity (Wildman–Crippen MR) is 87.5 cm³/mol. The molecule has 6 heteroatoms. The zero-order valence-corrected chi connectivity index (χ0v) is 14.3. The van der Waals surface area contributed by atoms with E-state index in [0.717, 1.165) is 13.1 Å². The zero-order valence-electron chi connectivity index (χ0n) is 14.3. The van der Waals surface area contributed by atoms with Crippen LogP contribution in [-0.2, 0) is 4.74 Å². The molecule has 1 saturated heterocycles. The highest BCUT2D eigenvalue weighted by atomic mass is 16.5. The highest BCUT2D eigenvalue weighted by Gasteiger charge is 2.24. The number of nitrogens with zero attached hydrogens (tertiary/aromatic N) is 1. The van der Waals surface area contributed by atoms with Gasteiger partial charge in [0.25, 0.3) is 0 Å². The summed E-state index contributed by atoms with van der Waals surface area (Å²) in [4.78, 5) is 2.20. The van der Waals surface area contributed by atoms with E-state index in [0.29, 0.717) is 23.8 Å². The molecule has 1 aromatic carbocycles. The van der Waals surface area contributed by atoms with Gasteiger partial charge in [-0.15, -0.1) is 0 Å². The van der Waals surface area contributed by atoms with E-state index in [-0.39, 0.29) is 18.8 Å². The van der Waals surface area contributed by atoms with Crippen LogP contribution >= 0.6 is 0 Å². The van der Waals surface area contributed by atoms with Crippen LogP contribution < -0.4 is 14.2 Å². The van der Waals surface area contributed by atoms with Crippen molar-refractivity contribution in [3.63, 3.8) is 0 Å². The number of benzene rings is 1. The van der Waals surface area contributed by atoms with Crippen LogP contribution in [0, 0.1) is 0 Å². The van der Waals surface area contributed by atoms with Gasteiger partial charge in [-0.3, -0.25) is 4.90 Å². The minimum absolute atomic E-state index is 0.177. The molecule has 6 nitrogen and oxygen atoms in total. The van der Waals surface area contributed by atoms with E-state index in [2.05, 4.69) is 4.90 Å². The molecule has 0 radical (unpaired) electrons. The lowest BCUT2D eigenvalue weighted by Gasteiger charge is -2.36. The smallest absolute Gasteiger partial charge is 0.203 e. The number of aliphatic hydroxyl groups excluding tert-OH is 1. The quantitative estimate of drug-likeness (QED) is 0.821. The Morgan fingerprint density at radius 1 is 1.17 bits per heavy atom. The number of ether oxygens (including phenoxy) is 4. The molecule has 1 fully saturated rings. The maximum absolute atomic E-state index is 10.3. The average Bonchev–Trinajstić information content (AvgIpc) is 2.51. The number of methoxy groups -OCH3 is 2. The van der Waals surface area contributed by atoms with Gasteiger partial charge in [0.2, 0.25) is 5.75 Å². The van der Waals surface area contributed by atoms with E-state index in [1.54, 1.807) is 26.4 Å². The summed E-state index contributed by atoms with van der Waals surface area (Å²) in [6, 6.07) is 5.43. The Hall–Kier alpha value is -1.50. The van der Waals surface area contributed by atoms with Gasteiger partial charge in [-0.25, -0.2) is 0 Å². The normalized spacial score (nSPS) is 23.3. The summed E-state index contributed by atoms with van der Waals surface area (Å²) in [6.45, 7) is 6.46. The lowest BCUT2D eigenvalue weighted by Crippen LogP contribution is -2.48.